The molecule has 2 aromatic rings. The first-order chi connectivity index (χ1) is 30.0. The number of fused-ring (bicyclic) bond motifs is 1. The number of aliphatic hydroxyl groups excluding tert-OH is 3. The SMILES string of the molecule is CCCCCC(=O)O[C@H](COC(=O)CCCCCNC(=O)CCCCCNc1ccc([N+](=O)[O-])c2nonc12)COP(=O)([O-])O[C@@H]1[C@H](O)[C@H](O)[C@@H](OP(=O)([O-])[O-])[C@H](OP(=O)([O-])[O-])[C@H]1O. The zero-order valence-corrected chi connectivity index (χ0v) is 36.9. The summed E-state index contributed by atoms with van der Waals surface area (Å²) in [5, 5.41) is 55.6. The number of hydrogen-bond acceptors (Lipinski definition) is 26. The lowest BCUT2D eigenvalue weighted by Gasteiger charge is -2.50. The van der Waals surface area contributed by atoms with Crippen LogP contribution in [0.25, 0.3) is 11.0 Å². The highest BCUT2D eigenvalue weighted by Gasteiger charge is 2.53. The Bertz CT molecular complexity index is 1980. The topological polar surface area (TPSA) is 440 Å². The second-order valence-corrected chi connectivity index (χ2v) is 17.9. The van der Waals surface area contributed by atoms with E-state index in [1.165, 1.54) is 12.1 Å². The minimum atomic E-state index is -6.18. The molecule has 1 aliphatic rings. The van der Waals surface area contributed by atoms with E-state index in [4.69, 9.17) is 14.0 Å². The van der Waals surface area contributed by atoms with Crippen LogP contribution in [0.1, 0.15) is 84.0 Å². The van der Waals surface area contributed by atoms with Crippen LogP contribution in [0.5, 0.6) is 0 Å². The standard InChI is InChI=1S/C33H54N5O23P3/c1-2-3-6-13-25(41)57-20(19-56-64(53,54)60-31-28(42)29(43)32(58-62(47,48)49)33(30(31)44)59-63(50,51)52)18-55-24(40)12-8-5-10-17-35-23(39)11-7-4-9-16-34-21-14-15-22(38(45)46)27-26(21)36-61-37-27/h14-15,20,28-34,42-44H,2-13,16-19H2,1H3,(H,35,39)(H,53,54)(H2,47,48,49)(H2,50,51,52)/p-5/t20-,28-,29+,30+,31-,32-,33-/m1/s1. The van der Waals surface area contributed by atoms with Crippen molar-refractivity contribution in [3.63, 3.8) is 0 Å². The maximum Gasteiger partial charge on any atom is 0.306 e. The molecule has 0 saturated heterocycles. The van der Waals surface area contributed by atoms with Crippen molar-refractivity contribution in [3.05, 3.63) is 22.2 Å². The molecule has 1 heterocycles. The van der Waals surface area contributed by atoms with E-state index in [-0.39, 0.29) is 41.9 Å². The zero-order chi connectivity index (χ0) is 47.7. The third-order valence-corrected chi connectivity index (χ3v) is 11.2. The fourth-order valence-electron chi connectivity index (χ4n) is 6.17. The summed E-state index contributed by atoms with van der Waals surface area (Å²) >= 11 is 0. The van der Waals surface area contributed by atoms with Crippen LogP contribution in [0.15, 0.2) is 16.8 Å². The third-order valence-electron chi connectivity index (χ3n) is 9.27. The molecule has 8 atom stereocenters. The maximum atomic E-state index is 12.8. The molecule has 0 spiro atoms. The molecule has 28 nitrogen and oxygen atoms in total. The Morgan fingerprint density at radius 2 is 1.33 bits per heavy atom. The minimum Gasteiger partial charge on any atom is -0.790 e. The van der Waals surface area contributed by atoms with Crippen molar-refractivity contribution in [2.45, 2.75) is 127 Å². The van der Waals surface area contributed by atoms with Gasteiger partial charge in [-0.3, -0.25) is 29.1 Å². The number of aromatic nitrogens is 2. The lowest BCUT2D eigenvalue weighted by Crippen LogP contribution is -2.65. The highest BCUT2D eigenvalue weighted by Crippen LogP contribution is 2.46. The Kier molecular flexibility index (Phi) is 22.2. The Labute approximate surface area is 364 Å². The normalized spacial score (nSPS) is 21.8. The van der Waals surface area contributed by atoms with Crippen LogP contribution in [-0.2, 0) is 55.6 Å². The van der Waals surface area contributed by atoms with E-state index in [0.29, 0.717) is 70.1 Å². The summed E-state index contributed by atoms with van der Waals surface area (Å²) in [5.41, 5.74) is 0.565. The first-order valence-corrected chi connectivity index (χ1v) is 24.2. The van der Waals surface area contributed by atoms with Gasteiger partial charge in [-0.2, -0.15) is 0 Å². The quantitative estimate of drug-likeness (QED) is 0.0190. The number of nitrogens with zero attached hydrogens (tertiary/aromatic N) is 3. The number of benzene rings is 1. The van der Waals surface area contributed by atoms with E-state index in [0.717, 1.165) is 6.42 Å². The number of anilines is 1. The molecule has 31 heteroatoms. The molecular weight excluding hydrogens is 927 g/mol. The molecular formula is C33H49N5O23P3-5. The fourth-order valence-corrected chi connectivity index (χ4v) is 8.21. The number of nitrogens with one attached hydrogen (secondary N) is 2. The highest BCUT2D eigenvalue weighted by atomic mass is 31.2. The number of carbonyl (C=O) groups is 3. The number of nitro groups is 1. The molecule has 0 radical (unpaired) electrons. The van der Waals surface area contributed by atoms with E-state index >= 15 is 0 Å². The van der Waals surface area contributed by atoms with Crippen LogP contribution < -0.4 is 35.1 Å². The summed E-state index contributed by atoms with van der Waals surface area (Å²) in [6.07, 6.45) is -12.7. The lowest BCUT2D eigenvalue weighted by atomic mass is 9.85. The van der Waals surface area contributed by atoms with Gasteiger partial charge in [-0.25, -0.2) is 4.63 Å². The van der Waals surface area contributed by atoms with Crippen molar-refractivity contribution in [2.75, 3.05) is 31.6 Å². The van der Waals surface area contributed by atoms with E-state index < -0.39 is 96.3 Å². The van der Waals surface area contributed by atoms with E-state index in [2.05, 4.69) is 39.1 Å². The van der Waals surface area contributed by atoms with Gasteiger partial charge < -0.3 is 87.1 Å². The summed E-state index contributed by atoms with van der Waals surface area (Å²) in [5.74, 6) is -1.77. The van der Waals surface area contributed by atoms with Gasteiger partial charge in [0.2, 0.25) is 11.4 Å². The van der Waals surface area contributed by atoms with E-state index in [1.807, 2.05) is 6.92 Å². The first-order valence-electron chi connectivity index (χ1n) is 19.9. The molecule has 1 aliphatic carbocycles. The summed E-state index contributed by atoms with van der Waals surface area (Å²) in [7, 11) is -18.1. The van der Waals surface area contributed by atoms with Gasteiger partial charge in [0.15, 0.2) is 11.6 Å². The molecule has 1 aromatic carbocycles. The van der Waals surface area contributed by atoms with Crippen LogP contribution >= 0.6 is 23.5 Å². The summed E-state index contributed by atoms with van der Waals surface area (Å²) in [6.45, 7) is 0.896. The predicted octanol–water partition coefficient (Wildman–Crippen LogP) is -1.79. The monoisotopic (exact) mass is 976 g/mol. The van der Waals surface area contributed by atoms with Crippen molar-refractivity contribution in [1.29, 1.82) is 0 Å². The second kappa shape index (κ2) is 26.0. The molecule has 1 amide bonds. The summed E-state index contributed by atoms with van der Waals surface area (Å²) in [6, 6.07) is 2.81. The Balaban J connectivity index is 1.40. The molecule has 64 heavy (non-hydrogen) atoms. The van der Waals surface area contributed by atoms with E-state index in [9.17, 15) is 78.0 Å². The smallest absolute Gasteiger partial charge is 0.306 e. The van der Waals surface area contributed by atoms with Gasteiger partial charge >= 0.3 is 17.6 Å². The molecule has 1 aromatic heterocycles. The average Bonchev–Trinajstić information content (AvgIpc) is 3.70. The first kappa shape index (κ1) is 54.8. The number of phosphoric acid groups is 3. The molecule has 0 bridgehead atoms. The third kappa shape index (κ3) is 19.1. The van der Waals surface area contributed by atoms with Crippen molar-refractivity contribution in [1.82, 2.24) is 15.6 Å². The minimum absolute atomic E-state index is 0.0312. The molecule has 364 valence electrons. The fraction of sp³-hybridized carbons (Fsp3) is 0.727. The highest BCUT2D eigenvalue weighted by molar-refractivity contribution is 7.46. The number of esters is 2. The van der Waals surface area contributed by atoms with Gasteiger partial charge in [0.05, 0.1) is 32.9 Å². The van der Waals surface area contributed by atoms with Crippen LogP contribution in [0.2, 0.25) is 0 Å². The van der Waals surface area contributed by atoms with Crippen LogP contribution in [0.3, 0.4) is 0 Å². The van der Waals surface area contributed by atoms with Crippen LogP contribution in [0, 0.1) is 10.1 Å². The number of rotatable bonds is 30. The van der Waals surface area contributed by atoms with Gasteiger partial charge in [0.25, 0.3) is 7.82 Å². The molecule has 1 unspecified atom stereocenters. The predicted molar refractivity (Wildman–Crippen MR) is 203 cm³/mol. The molecule has 1 saturated carbocycles. The molecule has 0 aliphatic heterocycles. The number of amides is 1. The molecule has 5 N–H and O–H groups in total. The van der Waals surface area contributed by atoms with Gasteiger partial charge in [-0.05, 0) is 48.5 Å². The lowest BCUT2D eigenvalue weighted by molar-refractivity contribution is -0.383. The van der Waals surface area contributed by atoms with Crippen molar-refractivity contribution >= 4 is 63.7 Å². The maximum absolute atomic E-state index is 12.8. The molecule has 3 rings (SSSR count). The average molecular weight is 977 g/mol. The zero-order valence-electron chi connectivity index (χ0n) is 34.2. The van der Waals surface area contributed by atoms with Gasteiger partial charge in [-0.1, -0.05) is 32.6 Å². The Morgan fingerprint density at radius 1 is 0.750 bits per heavy atom. The summed E-state index contributed by atoms with van der Waals surface area (Å²) < 4.78 is 67.4. The Morgan fingerprint density at radius 3 is 1.97 bits per heavy atom. The largest absolute Gasteiger partial charge is 0.790 e. The number of non-ortho nitro benzene ring substituents is 1. The van der Waals surface area contributed by atoms with Crippen molar-refractivity contribution in [2.24, 2.45) is 0 Å². The number of nitro benzene ring substituents is 1. The number of carbonyl (C=O) groups excluding carboxylic acids is 3. The number of hydrogen-bond donors (Lipinski definition) is 5. The van der Waals surface area contributed by atoms with Gasteiger partial charge in [-0.15, -0.1) is 0 Å². The van der Waals surface area contributed by atoms with E-state index in [1.54, 1.807) is 0 Å². The van der Waals surface area contributed by atoms with Gasteiger partial charge in [0.1, 0.15) is 43.2 Å². The number of unbranched alkanes of at least 4 members (excludes halogenated alkanes) is 6. The number of ether oxygens (including phenoxy) is 2. The molecule has 1 fully saturated rings. The number of phosphoric ester groups is 3. The van der Waals surface area contributed by atoms with Crippen molar-refractivity contribution < 1.29 is 105 Å². The summed E-state index contributed by atoms with van der Waals surface area (Å²) in [4.78, 5) is 105. The van der Waals surface area contributed by atoms with Crippen LogP contribution in [0.4, 0.5) is 11.4 Å². The second-order valence-electron chi connectivity index (χ2n) is 14.3. The van der Waals surface area contributed by atoms with Crippen molar-refractivity contribution in [3.8, 4) is 0 Å². The Hall–Kier alpha value is -3.56. The number of aliphatic hydroxyl groups is 3. The van der Waals surface area contributed by atoms with Gasteiger partial charge in [0, 0.05) is 38.4 Å². The van der Waals surface area contributed by atoms with Crippen LogP contribution in [-0.4, -0.2) is 117 Å².